The Morgan fingerprint density at radius 2 is 1.50 bits per heavy atom. The van der Waals surface area contributed by atoms with Crippen LogP contribution in [0.15, 0.2) is 36.5 Å². The number of hydrogen-bond donors (Lipinski definition) is 0. The van der Waals surface area contributed by atoms with Crippen LogP contribution in [0.5, 0.6) is 0 Å². The molecular formula is C17H27N. The fourth-order valence-electron chi connectivity index (χ4n) is 1.76. The summed E-state index contributed by atoms with van der Waals surface area (Å²) in [5.41, 5.74) is 2.93. The van der Waals surface area contributed by atoms with Crippen molar-refractivity contribution in [3.8, 4) is 0 Å². The second-order valence-corrected chi connectivity index (χ2v) is 6.60. The molecule has 0 aliphatic carbocycles. The Morgan fingerprint density at radius 3 is 1.94 bits per heavy atom. The first-order valence-electron chi connectivity index (χ1n) is 6.63. The van der Waals surface area contributed by atoms with Gasteiger partial charge in [0.1, 0.15) is 0 Å². The first-order valence-corrected chi connectivity index (χ1v) is 6.63. The molecule has 0 fully saturated rings. The molecule has 1 aromatic rings. The highest BCUT2D eigenvalue weighted by molar-refractivity contribution is 5.63. The van der Waals surface area contributed by atoms with Crippen LogP contribution < -0.4 is 0 Å². The first kappa shape index (κ1) is 14.8. The molecule has 0 unspecified atom stereocenters. The summed E-state index contributed by atoms with van der Waals surface area (Å²) in [7, 11) is 2.16. The van der Waals surface area contributed by atoms with E-state index in [2.05, 4.69) is 90.0 Å². The van der Waals surface area contributed by atoms with Crippen molar-refractivity contribution in [1.29, 1.82) is 0 Å². The van der Waals surface area contributed by atoms with E-state index in [9.17, 15) is 0 Å². The summed E-state index contributed by atoms with van der Waals surface area (Å²) < 4.78 is 0. The molecule has 0 radical (unpaired) electrons. The highest BCUT2D eigenvalue weighted by Gasteiger charge is 2.35. The molecule has 0 bridgehead atoms. The van der Waals surface area contributed by atoms with Crippen LogP contribution in [-0.4, -0.2) is 17.5 Å². The van der Waals surface area contributed by atoms with E-state index in [4.69, 9.17) is 0 Å². The van der Waals surface area contributed by atoms with Gasteiger partial charge in [0.25, 0.3) is 0 Å². The summed E-state index contributed by atoms with van der Waals surface area (Å²) in [6.07, 6.45) is 2.25. The van der Waals surface area contributed by atoms with E-state index in [1.807, 2.05) is 0 Å². The number of rotatable bonds is 3. The van der Waals surface area contributed by atoms with Crippen molar-refractivity contribution in [2.45, 2.75) is 47.1 Å². The summed E-state index contributed by atoms with van der Waals surface area (Å²) in [5, 5.41) is 0. The summed E-state index contributed by atoms with van der Waals surface area (Å²) in [4.78, 5) is 2.33. The largest absolute Gasteiger partial charge is 0.375 e. The van der Waals surface area contributed by atoms with Gasteiger partial charge in [-0.2, -0.15) is 0 Å². The van der Waals surface area contributed by atoms with Gasteiger partial charge in [-0.25, -0.2) is 0 Å². The smallest absolute Gasteiger partial charge is 0.0385 e. The molecule has 0 saturated heterocycles. The van der Waals surface area contributed by atoms with E-state index in [1.165, 1.54) is 11.1 Å². The van der Waals surface area contributed by atoms with Crippen molar-refractivity contribution in [2.75, 3.05) is 7.05 Å². The molecule has 0 aliphatic rings. The van der Waals surface area contributed by atoms with Crippen LogP contribution in [0, 0.1) is 5.41 Å². The van der Waals surface area contributed by atoms with Crippen molar-refractivity contribution >= 4 is 5.57 Å². The fraction of sp³-hybridized carbons (Fsp3) is 0.529. The number of benzene rings is 1. The summed E-state index contributed by atoms with van der Waals surface area (Å²) in [6, 6.07) is 10.5. The molecule has 0 heterocycles. The summed E-state index contributed by atoms with van der Waals surface area (Å²) in [6.45, 7) is 13.6. The predicted molar refractivity (Wildman–Crippen MR) is 81.4 cm³/mol. The molecule has 1 rings (SSSR count). The third-order valence-electron chi connectivity index (χ3n) is 4.33. The zero-order chi connectivity index (χ0) is 14.0. The molecule has 1 heteroatoms. The van der Waals surface area contributed by atoms with Crippen LogP contribution >= 0.6 is 0 Å². The van der Waals surface area contributed by atoms with Crippen molar-refractivity contribution in [3.63, 3.8) is 0 Å². The molecule has 18 heavy (non-hydrogen) atoms. The molecule has 1 aromatic carbocycles. The fourth-order valence-corrected chi connectivity index (χ4v) is 1.76. The molecule has 0 spiro atoms. The molecule has 0 saturated carbocycles. The highest BCUT2D eigenvalue weighted by atomic mass is 15.2. The van der Waals surface area contributed by atoms with Gasteiger partial charge in [-0.1, -0.05) is 51.1 Å². The number of nitrogens with zero attached hydrogens (tertiary/aromatic N) is 1. The molecular weight excluding hydrogens is 218 g/mol. The Labute approximate surface area is 113 Å². The Balaban J connectivity index is 2.97. The van der Waals surface area contributed by atoms with Crippen molar-refractivity contribution in [3.05, 3.63) is 42.1 Å². The van der Waals surface area contributed by atoms with E-state index in [-0.39, 0.29) is 11.0 Å². The maximum absolute atomic E-state index is 2.33. The second-order valence-electron chi connectivity index (χ2n) is 6.60. The highest BCUT2D eigenvalue weighted by Crippen LogP contribution is 2.35. The molecule has 0 N–H and O–H groups in total. The van der Waals surface area contributed by atoms with Gasteiger partial charge in [0.15, 0.2) is 0 Å². The molecule has 0 amide bonds. The SMILES string of the molecule is C/C(=C\N(C)C(C)(C)C(C)(C)C)c1ccccc1. The van der Waals surface area contributed by atoms with Crippen LogP contribution in [-0.2, 0) is 0 Å². The Bertz CT molecular complexity index is 407. The predicted octanol–water partition coefficient (Wildman–Crippen LogP) is 4.80. The monoisotopic (exact) mass is 245 g/mol. The van der Waals surface area contributed by atoms with Gasteiger partial charge in [0.05, 0.1) is 0 Å². The molecule has 0 aromatic heterocycles. The average Bonchev–Trinajstić information content (AvgIpc) is 2.28. The minimum atomic E-state index is 0.114. The van der Waals surface area contributed by atoms with E-state index in [0.29, 0.717) is 0 Å². The Morgan fingerprint density at radius 1 is 1.00 bits per heavy atom. The normalized spacial score (nSPS) is 13.6. The van der Waals surface area contributed by atoms with Gasteiger partial charge in [-0.05, 0) is 37.3 Å². The molecule has 100 valence electrons. The lowest BCUT2D eigenvalue weighted by Crippen LogP contribution is -2.48. The van der Waals surface area contributed by atoms with E-state index in [1.54, 1.807) is 0 Å². The topological polar surface area (TPSA) is 3.24 Å². The van der Waals surface area contributed by atoms with Crippen molar-refractivity contribution < 1.29 is 0 Å². The van der Waals surface area contributed by atoms with Gasteiger partial charge in [0.2, 0.25) is 0 Å². The second kappa shape index (κ2) is 5.17. The van der Waals surface area contributed by atoms with Crippen LogP contribution in [0.3, 0.4) is 0 Å². The van der Waals surface area contributed by atoms with Gasteiger partial charge < -0.3 is 4.90 Å². The zero-order valence-electron chi connectivity index (χ0n) is 12.9. The first-order chi connectivity index (χ1) is 8.16. The van der Waals surface area contributed by atoms with E-state index < -0.39 is 0 Å². The van der Waals surface area contributed by atoms with Crippen LogP contribution in [0.1, 0.15) is 47.1 Å². The molecule has 0 atom stereocenters. The lowest BCUT2D eigenvalue weighted by molar-refractivity contribution is 0.0823. The summed E-state index contributed by atoms with van der Waals surface area (Å²) in [5.74, 6) is 0. The van der Waals surface area contributed by atoms with Crippen molar-refractivity contribution in [1.82, 2.24) is 4.90 Å². The Kier molecular flexibility index (Phi) is 4.26. The maximum Gasteiger partial charge on any atom is 0.0385 e. The lowest BCUT2D eigenvalue weighted by atomic mass is 9.75. The van der Waals surface area contributed by atoms with Crippen LogP contribution in [0.4, 0.5) is 0 Å². The molecule has 1 nitrogen and oxygen atoms in total. The standard InChI is InChI=1S/C17H27N/c1-14(15-11-9-8-10-12-15)13-18(7)17(5,6)16(2,3)4/h8-13H,1-7H3/b14-13+. The maximum atomic E-state index is 2.33. The van der Waals surface area contributed by atoms with E-state index in [0.717, 1.165) is 0 Å². The minimum absolute atomic E-state index is 0.114. The zero-order valence-corrected chi connectivity index (χ0v) is 12.9. The quantitative estimate of drug-likeness (QED) is 0.739. The Hall–Kier alpha value is -1.24. The minimum Gasteiger partial charge on any atom is -0.375 e. The number of allylic oxidation sites excluding steroid dienone is 1. The lowest BCUT2D eigenvalue weighted by Gasteiger charge is -2.46. The van der Waals surface area contributed by atoms with Gasteiger partial charge in [0, 0.05) is 18.8 Å². The van der Waals surface area contributed by atoms with Crippen molar-refractivity contribution in [2.24, 2.45) is 5.41 Å². The van der Waals surface area contributed by atoms with Gasteiger partial charge >= 0.3 is 0 Å². The van der Waals surface area contributed by atoms with Crippen LogP contribution in [0.25, 0.3) is 5.57 Å². The van der Waals surface area contributed by atoms with Crippen LogP contribution in [0.2, 0.25) is 0 Å². The number of hydrogen-bond acceptors (Lipinski definition) is 1. The van der Waals surface area contributed by atoms with E-state index >= 15 is 0 Å². The molecule has 0 aliphatic heterocycles. The third kappa shape index (κ3) is 3.16. The third-order valence-corrected chi connectivity index (χ3v) is 4.33. The summed E-state index contributed by atoms with van der Waals surface area (Å²) >= 11 is 0. The van der Waals surface area contributed by atoms with Gasteiger partial charge in [-0.3, -0.25) is 0 Å². The average molecular weight is 245 g/mol. The van der Waals surface area contributed by atoms with Gasteiger partial charge in [-0.15, -0.1) is 0 Å².